The molecule has 8 rings (SSSR count). The Morgan fingerprint density at radius 1 is 0.378 bits per heavy atom. The van der Waals surface area contributed by atoms with Crippen LogP contribution in [0, 0.1) is 0 Å². The van der Waals surface area contributed by atoms with Gasteiger partial charge in [0.15, 0.2) is 0 Å². The summed E-state index contributed by atoms with van der Waals surface area (Å²) in [5.41, 5.74) is 4.53. The molecule has 0 N–H and O–H groups in total. The first-order valence-corrected chi connectivity index (χ1v) is 13.4. The van der Waals surface area contributed by atoms with E-state index in [0.717, 1.165) is 11.3 Å². The minimum absolute atomic E-state index is 0.993. The lowest BCUT2D eigenvalue weighted by molar-refractivity contribution is 1.33. The molecule has 2 heteroatoms. The van der Waals surface area contributed by atoms with Crippen molar-refractivity contribution in [3.8, 4) is 22.4 Å². The predicted molar refractivity (Wildman–Crippen MR) is 161 cm³/mol. The molecule has 0 spiro atoms. The van der Waals surface area contributed by atoms with Gasteiger partial charge >= 0.3 is 0 Å². The van der Waals surface area contributed by atoms with E-state index in [1.165, 1.54) is 63.6 Å². The Labute approximate surface area is 218 Å². The van der Waals surface area contributed by atoms with Gasteiger partial charge in [0.25, 0.3) is 0 Å². The SMILES string of the molecule is c1ccc2c(c1)sc1ccc(-c3ccnc(-c4ccc5c6ccccc6c6ccccc6c5c4)c3)cc12. The summed E-state index contributed by atoms with van der Waals surface area (Å²) in [5.74, 6) is 0. The van der Waals surface area contributed by atoms with Crippen LogP contribution in [0.3, 0.4) is 0 Å². The Morgan fingerprint density at radius 2 is 0.919 bits per heavy atom. The summed E-state index contributed by atoms with van der Waals surface area (Å²) < 4.78 is 2.66. The first kappa shape index (κ1) is 20.6. The Morgan fingerprint density at radius 3 is 1.68 bits per heavy atom. The molecule has 0 aliphatic rings. The molecular weight excluding hydrogens is 466 g/mol. The summed E-state index contributed by atoms with van der Waals surface area (Å²) in [7, 11) is 0. The van der Waals surface area contributed by atoms with E-state index in [0.29, 0.717) is 0 Å². The molecule has 8 aromatic rings. The summed E-state index contributed by atoms with van der Waals surface area (Å²) >= 11 is 1.86. The first-order valence-electron chi connectivity index (χ1n) is 12.5. The molecule has 0 atom stereocenters. The molecule has 0 aliphatic carbocycles. The second-order valence-corrected chi connectivity index (χ2v) is 10.7. The fourth-order valence-electron chi connectivity index (χ4n) is 5.74. The van der Waals surface area contributed by atoms with E-state index >= 15 is 0 Å². The minimum Gasteiger partial charge on any atom is -0.256 e. The summed E-state index contributed by atoms with van der Waals surface area (Å²) in [6, 6.07) is 44.0. The van der Waals surface area contributed by atoms with Crippen molar-refractivity contribution in [2.45, 2.75) is 0 Å². The zero-order chi connectivity index (χ0) is 24.3. The van der Waals surface area contributed by atoms with Crippen LogP contribution in [0.5, 0.6) is 0 Å². The summed E-state index contributed by atoms with van der Waals surface area (Å²) in [6.45, 7) is 0. The highest BCUT2D eigenvalue weighted by Crippen LogP contribution is 2.39. The normalized spacial score (nSPS) is 11.8. The second kappa shape index (κ2) is 7.99. The van der Waals surface area contributed by atoms with E-state index in [9.17, 15) is 0 Å². The van der Waals surface area contributed by atoms with Crippen LogP contribution in [0.1, 0.15) is 0 Å². The van der Waals surface area contributed by atoms with Crippen molar-refractivity contribution in [2.75, 3.05) is 0 Å². The van der Waals surface area contributed by atoms with Crippen LogP contribution in [0.4, 0.5) is 0 Å². The quantitative estimate of drug-likeness (QED) is 0.221. The number of pyridine rings is 1. The number of fused-ring (bicyclic) bond motifs is 9. The Hall–Kier alpha value is -4.53. The van der Waals surface area contributed by atoms with E-state index < -0.39 is 0 Å². The maximum Gasteiger partial charge on any atom is 0.0708 e. The zero-order valence-electron chi connectivity index (χ0n) is 20.0. The minimum atomic E-state index is 0.993. The van der Waals surface area contributed by atoms with Gasteiger partial charge in [-0.1, -0.05) is 84.9 Å². The molecule has 0 unspecified atom stereocenters. The van der Waals surface area contributed by atoms with Crippen LogP contribution < -0.4 is 0 Å². The van der Waals surface area contributed by atoms with Crippen LogP contribution >= 0.6 is 11.3 Å². The number of nitrogens with zero attached hydrogens (tertiary/aromatic N) is 1. The van der Waals surface area contributed by atoms with Crippen LogP contribution in [-0.4, -0.2) is 4.98 Å². The van der Waals surface area contributed by atoms with Gasteiger partial charge in [0, 0.05) is 31.9 Å². The van der Waals surface area contributed by atoms with Crippen molar-refractivity contribution in [3.63, 3.8) is 0 Å². The van der Waals surface area contributed by atoms with Gasteiger partial charge in [0.1, 0.15) is 0 Å². The highest BCUT2D eigenvalue weighted by molar-refractivity contribution is 7.25. The second-order valence-electron chi connectivity index (χ2n) is 9.59. The summed E-state index contributed by atoms with van der Waals surface area (Å²) in [6.07, 6.45) is 1.93. The third-order valence-corrected chi connectivity index (χ3v) is 8.66. The molecule has 37 heavy (non-hydrogen) atoms. The van der Waals surface area contributed by atoms with Gasteiger partial charge in [-0.3, -0.25) is 4.98 Å². The van der Waals surface area contributed by atoms with E-state index in [4.69, 9.17) is 4.98 Å². The molecule has 2 aromatic heterocycles. The van der Waals surface area contributed by atoms with Crippen molar-refractivity contribution in [1.82, 2.24) is 4.98 Å². The van der Waals surface area contributed by atoms with Gasteiger partial charge in [0.2, 0.25) is 0 Å². The maximum absolute atomic E-state index is 4.79. The third kappa shape index (κ3) is 3.20. The number of rotatable bonds is 2. The molecule has 0 bridgehead atoms. The number of hydrogen-bond acceptors (Lipinski definition) is 2. The molecule has 2 heterocycles. The maximum atomic E-state index is 4.79. The molecule has 0 radical (unpaired) electrons. The molecule has 0 fully saturated rings. The van der Waals surface area contributed by atoms with Crippen molar-refractivity contribution in [2.24, 2.45) is 0 Å². The largest absolute Gasteiger partial charge is 0.256 e. The van der Waals surface area contributed by atoms with Gasteiger partial charge in [-0.15, -0.1) is 11.3 Å². The van der Waals surface area contributed by atoms with Crippen LogP contribution in [0.15, 0.2) is 128 Å². The van der Waals surface area contributed by atoms with Crippen molar-refractivity contribution in [1.29, 1.82) is 0 Å². The number of thiophene rings is 1. The monoisotopic (exact) mass is 487 g/mol. The van der Waals surface area contributed by atoms with Crippen molar-refractivity contribution >= 4 is 63.8 Å². The molecule has 6 aromatic carbocycles. The van der Waals surface area contributed by atoms with E-state index in [1.54, 1.807) is 0 Å². The van der Waals surface area contributed by atoms with E-state index in [2.05, 4.69) is 121 Å². The average molecular weight is 488 g/mol. The van der Waals surface area contributed by atoms with Crippen LogP contribution in [0.25, 0.3) is 74.9 Å². The van der Waals surface area contributed by atoms with Crippen LogP contribution in [0.2, 0.25) is 0 Å². The van der Waals surface area contributed by atoms with Gasteiger partial charge in [-0.2, -0.15) is 0 Å². The molecule has 0 amide bonds. The molecule has 0 saturated carbocycles. The van der Waals surface area contributed by atoms with Gasteiger partial charge < -0.3 is 0 Å². The number of benzene rings is 6. The molecule has 172 valence electrons. The zero-order valence-corrected chi connectivity index (χ0v) is 20.8. The van der Waals surface area contributed by atoms with Gasteiger partial charge in [-0.05, 0) is 79.8 Å². The molecule has 0 saturated heterocycles. The molecular formula is C35H21NS. The fraction of sp³-hybridized carbons (Fsp3) is 0. The smallest absolute Gasteiger partial charge is 0.0708 e. The van der Waals surface area contributed by atoms with Crippen molar-refractivity contribution < 1.29 is 0 Å². The lowest BCUT2D eigenvalue weighted by Gasteiger charge is -2.12. The highest BCUT2D eigenvalue weighted by Gasteiger charge is 2.11. The molecule has 1 nitrogen and oxygen atoms in total. The lowest BCUT2D eigenvalue weighted by atomic mass is 9.92. The Bertz CT molecular complexity index is 2120. The van der Waals surface area contributed by atoms with Gasteiger partial charge in [-0.25, -0.2) is 0 Å². The van der Waals surface area contributed by atoms with Gasteiger partial charge in [0.05, 0.1) is 5.69 Å². The Kier molecular flexibility index (Phi) is 4.46. The Balaban J connectivity index is 1.31. The fourth-order valence-corrected chi connectivity index (χ4v) is 6.83. The topological polar surface area (TPSA) is 12.9 Å². The van der Waals surface area contributed by atoms with Crippen molar-refractivity contribution in [3.05, 3.63) is 128 Å². The highest BCUT2D eigenvalue weighted by atomic mass is 32.1. The average Bonchev–Trinajstić information content (AvgIpc) is 3.35. The summed E-state index contributed by atoms with van der Waals surface area (Å²) in [4.78, 5) is 4.79. The molecule has 0 aliphatic heterocycles. The lowest BCUT2D eigenvalue weighted by Crippen LogP contribution is -1.88. The third-order valence-electron chi connectivity index (χ3n) is 7.51. The van der Waals surface area contributed by atoms with E-state index in [1.807, 2.05) is 17.5 Å². The first-order chi connectivity index (χ1) is 18.3. The number of aromatic nitrogens is 1. The summed E-state index contributed by atoms with van der Waals surface area (Å²) in [5, 5.41) is 10.4. The van der Waals surface area contributed by atoms with E-state index in [-0.39, 0.29) is 0 Å². The standard InChI is InChI=1S/C35H21NS/c1-2-9-27-25(7-1)26-8-3-4-10-28(26)31-20-24(13-15-29(27)31)33-21-23(17-18-36-33)22-14-16-35-32(19-22)30-11-5-6-12-34(30)37-35/h1-21H. The predicted octanol–water partition coefficient (Wildman–Crippen LogP) is 10.2. The van der Waals surface area contributed by atoms with Crippen LogP contribution in [-0.2, 0) is 0 Å². The number of hydrogen-bond donors (Lipinski definition) is 0.